The zero-order chi connectivity index (χ0) is 20.5. The minimum Gasteiger partial charge on any atom is -0.349 e. The zero-order valence-corrected chi connectivity index (χ0v) is 18.7. The van der Waals surface area contributed by atoms with Crippen molar-refractivity contribution < 1.29 is 4.79 Å². The quantitative estimate of drug-likeness (QED) is 0.399. The van der Waals surface area contributed by atoms with E-state index < -0.39 is 0 Å². The van der Waals surface area contributed by atoms with Crippen LogP contribution in [0.5, 0.6) is 0 Å². The standard InChI is InChI=1S/C23H21BrN4OS/c24-21-9-8-20(30-21)23(29)26-16-4-3-5-17(14-16)28-19-7-2-1-6-18(19)27-22(28)15-10-12-25-13-11-15/h1-2,6-13,16-17H,3-5,14H2,(H,26,29)/t16-,17+/m1/s1. The second-order valence-corrected chi connectivity index (χ2v) is 10.1. The summed E-state index contributed by atoms with van der Waals surface area (Å²) in [5.41, 5.74) is 3.21. The van der Waals surface area contributed by atoms with E-state index in [-0.39, 0.29) is 18.0 Å². The number of fused-ring (bicyclic) bond motifs is 1. The number of aromatic nitrogens is 3. The molecule has 1 fully saturated rings. The second-order valence-electron chi connectivity index (χ2n) is 7.62. The fraction of sp³-hybridized carbons (Fsp3) is 0.261. The third-order valence-corrected chi connectivity index (χ3v) is 7.30. The van der Waals surface area contributed by atoms with Crippen LogP contribution in [0.2, 0.25) is 0 Å². The smallest absolute Gasteiger partial charge is 0.261 e. The molecular weight excluding hydrogens is 460 g/mol. The van der Waals surface area contributed by atoms with Gasteiger partial charge >= 0.3 is 0 Å². The van der Waals surface area contributed by atoms with Crippen LogP contribution in [-0.2, 0) is 0 Å². The zero-order valence-electron chi connectivity index (χ0n) is 16.3. The molecule has 7 heteroatoms. The number of pyridine rings is 1. The van der Waals surface area contributed by atoms with Gasteiger partial charge in [0.2, 0.25) is 0 Å². The molecule has 1 aliphatic rings. The van der Waals surface area contributed by atoms with Gasteiger partial charge in [0, 0.05) is 30.0 Å². The summed E-state index contributed by atoms with van der Waals surface area (Å²) in [6.07, 6.45) is 7.67. The molecule has 152 valence electrons. The average Bonchev–Trinajstić information content (AvgIpc) is 3.38. The molecule has 5 nitrogen and oxygen atoms in total. The van der Waals surface area contributed by atoms with Gasteiger partial charge in [-0.15, -0.1) is 11.3 Å². The lowest BCUT2D eigenvalue weighted by Crippen LogP contribution is -2.38. The molecule has 5 rings (SSSR count). The first kappa shape index (κ1) is 19.5. The summed E-state index contributed by atoms with van der Waals surface area (Å²) < 4.78 is 3.34. The van der Waals surface area contributed by atoms with Crippen molar-refractivity contribution in [1.82, 2.24) is 19.9 Å². The van der Waals surface area contributed by atoms with Crippen molar-refractivity contribution in [3.8, 4) is 11.4 Å². The molecule has 3 heterocycles. The minimum absolute atomic E-state index is 0.0150. The number of hydrogen-bond acceptors (Lipinski definition) is 4. The summed E-state index contributed by atoms with van der Waals surface area (Å²) in [7, 11) is 0. The Kier molecular flexibility index (Phi) is 5.39. The molecule has 0 unspecified atom stereocenters. The summed E-state index contributed by atoms with van der Waals surface area (Å²) in [4.78, 5) is 22.5. The third kappa shape index (κ3) is 3.79. The first-order valence-corrected chi connectivity index (χ1v) is 11.7. The van der Waals surface area contributed by atoms with Gasteiger partial charge < -0.3 is 9.88 Å². The molecule has 1 aliphatic carbocycles. The van der Waals surface area contributed by atoms with E-state index >= 15 is 0 Å². The number of nitrogens with one attached hydrogen (secondary N) is 1. The number of imidazole rings is 1. The van der Waals surface area contributed by atoms with Crippen LogP contribution in [0.15, 0.2) is 64.7 Å². The summed E-state index contributed by atoms with van der Waals surface area (Å²) in [5, 5.41) is 3.25. The van der Waals surface area contributed by atoms with Gasteiger partial charge in [-0.2, -0.15) is 0 Å². The predicted octanol–water partition coefficient (Wildman–Crippen LogP) is 5.84. The van der Waals surface area contributed by atoms with Crippen LogP contribution in [0.1, 0.15) is 41.4 Å². The highest BCUT2D eigenvalue weighted by molar-refractivity contribution is 9.11. The van der Waals surface area contributed by atoms with Crippen LogP contribution >= 0.6 is 27.3 Å². The van der Waals surface area contributed by atoms with Gasteiger partial charge in [0.05, 0.1) is 19.7 Å². The van der Waals surface area contributed by atoms with E-state index in [2.05, 4.69) is 49.0 Å². The predicted molar refractivity (Wildman–Crippen MR) is 124 cm³/mol. The number of benzene rings is 1. The lowest BCUT2D eigenvalue weighted by atomic mass is 9.90. The van der Waals surface area contributed by atoms with Gasteiger partial charge in [0.15, 0.2) is 0 Å². The average molecular weight is 481 g/mol. The van der Waals surface area contributed by atoms with Gasteiger partial charge in [-0.25, -0.2) is 4.98 Å². The van der Waals surface area contributed by atoms with Gasteiger partial charge in [0.1, 0.15) is 5.82 Å². The molecule has 0 radical (unpaired) electrons. The normalized spacial score (nSPS) is 19.1. The van der Waals surface area contributed by atoms with E-state index in [1.807, 2.05) is 42.7 Å². The van der Waals surface area contributed by atoms with Gasteiger partial charge in [0.25, 0.3) is 5.91 Å². The van der Waals surface area contributed by atoms with E-state index in [0.29, 0.717) is 0 Å². The SMILES string of the molecule is O=C(N[C@@H]1CCC[C@H](n2c(-c3ccncc3)nc3ccccc32)C1)c1ccc(Br)s1. The molecule has 1 amide bonds. The molecule has 0 aliphatic heterocycles. The van der Waals surface area contributed by atoms with E-state index in [1.54, 1.807) is 0 Å². The topological polar surface area (TPSA) is 59.8 Å². The van der Waals surface area contributed by atoms with Crippen LogP contribution < -0.4 is 5.32 Å². The van der Waals surface area contributed by atoms with Crippen molar-refractivity contribution >= 4 is 44.2 Å². The Bertz CT molecular complexity index is 1190. The largest absolute Gasteiger partial charge is 0.349 e. The molecule has 4 aromatic rings. The Morgan fingerprint density at radius 3 is 2.73 bits per heavy atom. The van der Waals surface area contributed by atoms with E-state index in [0.717, 1.165) is 56.8 Å². The number of thiophene rings is 1. The molecule has 0 saturated heterocycles. The van der Waals surface area contributed by atoms with Crippen molar-refractivity contribution in [2.24, 2.45) is 0 Å². The molecule has 30 heavy (non-hydrogen) atoms. The van der Waals surface area contributed by atoms with Crippen molar-refractivity contribution in [2.75, 3.05) is 0 Å². The number of para-hydroxylation sites is 2. The Morgan fingerprint density at radius 1 is 1.10 bits per heavy atom. The summed E-state index contributed by atoms with van der Waals surface area (Å²) in [5.74, 6) is 0.985. The second kappa shape index (κ2) is 8.32. The van der Waals surface area contributed by atoms with E-state index in [9.17, 15) is 4.79 Å². The lowest BCUT2D eigenvalue weighted by Gasteiger charge is -2.32. The van der Waals surface area contributed by atoms with Crippen molar-refractivity contribution in [3.05, 3.63) is 69.6 Å². The van der Waals surface area contributed by atoms with Crippen molar-refractivity contribution in [3.63, 3.8) is 0 Å². The number of halogens is 1. The maximum atomic E-state index is 12.7. The Labute approximate surface area is 187 Å². The Balaban J connectivity index is 1.45. The molecule has 0 spiro atoms. The Morgan fingerprint density at radius 2 is 1.93 bits per heavy atom. The minimum atomic E-state index is 0.0150. The van der Waals surface area contributed by atoms with E-state index in [4.69, 9.17) is 4.98 Å². The number of carbonyl (C=O) groups excluding carboxylic acids is 1. The molecule has 1 aromatic carbocycles. The number of nitrogens with zero attached hydrogens (tertiary/aromatic N) is 3. The van der Waals surface area contributed by atoms with Crippen LogP contribution in [-0.4, -0.2) is 26.5 Å². The molecule has 1 N–H and O–H groups in total. The number of carbonyl (C=O) groups is 1. The van der Waals surface area contributed by atoms with Gasteiger partial charge in [-0.1, -0.05) is 12.1 Å². The lowest BCUT2D eigenvalue weighted by molar-refractivity contribution is 0.0925. The maximum Gasteiger partial charge on any atom is 0.261 e. The number of amides is 1. The first-order valence-electron chi connectivity index (χ1n) is 10.1. The molecule has 2 atom stereocenters. The van der Waals surface area contributed by atoms with Crippen LogP contribution in [0.25, 0.3) is 22.4 Å². The fourth-order valence-corrected chi connectivity index (χ4v) is 5.63. The van der Waals surface area contributed by atoms with E-state index in [1.165, 1.54) is 11.3 Å². The fourth-order valence-electron chi connectivity index (χ4n) is 4.34. The highest BCUT2D eigenvalue weighted by atomic mass is 79.9. The monoisotopic (exact) mass is 480 g/mol. The Hall–Kier alpha value is -2.51. The summed E-state index contributed by atoms with van der Waals surface area (Å²) in [6, 6.07) is 16.5. The van der Waals surface area contributed by atoms with Crippen molar-refractivity contribution in [1.29, 1.82) is 0 Å². The maximum absolute atomic E-state index is 12.7. The highest BCUT2D eigenvalue weighted by Crippen LogP contribution is 2.36. The van der Waals surface area contributed by atoms with Crippen molar-refractivity contribution in [2.45, 2.75) is 37.8 Å². The molecule has 1 saturated carbocycles. The molecular formula is C23H21BrN4OS. The number of hydrogen-bond donors (Lipinski definition) is 1. The van der Waals surface area contributed by atoms with Gasteiger partial charge in [-0.3, -0.25) is 9.78 Å². The number of rotatable bonds is 4. The van der Waals surface area contributed by atoms with Gasteiger partial charge in [-0.05, 0) is 78.0 Å². The third-order valence-electron chi connectivity index (χ3n) is 5.68. The van der Waals surface area contributed by atoms with Crippen LogP contribution in [0, 0.1) is 0 Å². The molecule has 0 bridgehead atoms. The first-order chi connectivity index (χ1) is 14.7. The molecule has 3 aromatic heterocycles. The van der Waals surface area contributed by atoms with Crippen LogP contribution in [0.3, 0.4) is 0 Å². The van der Waals surface area contributed by atoms with Crippen LogP contribution in [0.4, 0.5) is 0 Å². The summed E-state index contributed by atoms with van der Waals surface area (Å²) in [6.45, 7) is 0. The summed E-state index contributed by atoms with van der Waals surface area (Å²) >= 11 is 4.91. The highest BCUT2D eigenvalue weighted by Gasteiger charge is 2.28.